The number of hydrogen-bond donors (Lipinski definition) is 2. The zero-order chi connectivity index (χ0) is 14.8. The topological polar surface area (TPSA) is 58.2 Å². The molecule has 0 radical (unpaired) electrons. The summed E-state index contributed by atoms with van der Waals surface area (Å²) in [5, 5.41) is 3.09. The van der Waals surface area contributed by atoms with Crippen molar-refractivity contribution in [1.29, 1.82) is 0 Å². The van der Waals surface area contributed by atoms with Gasteiger partial charge in [-0.2, -0.15) is 13.2 Å². The van der Waals surface area contributed by atoms with E-state index in [1.54, 1.807) is 0 Å². The van der Waals surface area contributed by atoms with Gasteiger partial charge in [0, 0.05) is 13.0 Å². The molecule has 0 aliphatic heterocycles. The summed E-state index contributed by atoms with van der Waals surface area (Å²) >= 11 is 0. The average Bonchev–Trinajstić information content (AvgIpc) is 2.26. The van der Waals surface area contributed by atoms with E-state index in [4.69, 9.17) is 0 Å². The second-order valence-corrected chi connectivity index (χ2v) is 6.27. The van der Waals surface area contributed by atoms with Crippen LogP contribution >= 0.6 is 0 Å². The van der Waals surface area contributed by atoms with Crippen LogP contribution in [0, 0.1) is 0 Å². The lowest BCUT2D eigenvalue weighted by Gasteiger charge is -2.08. The highest BCUT2D eigenvalue weighted by Crippen LogP contribution is 2.21. The Morgan fingerprint density at radius 1 is 1.00 bits per heavy atom. The van der Waals surface area contributed by atoms with Crippen LogP contribution in [0.4, 0.5) is 13.2 Å². The summed E-state index contributed by atoms with van der Waals surface area (Å²) in [5.74, 6) is 0.0255. The molecule has 0 heterocycles. The summed E-state index contributed by atoms with van der Waals surface area (Å²) < 4.78 is 60.8. The SMILES string of the molecule is CCNCCCCS(=O)(=O)NCCCCC(F)(F)F. The Bertz CT molecular complexity index is 318. The molecule has 8 heteroatoms. The normalized spacial score (nSPS) is 12.8. The Labute approximate surface area is 113 Å². The quantitative estimate of drug-likeness (QED) is 0.574. The van der Waals surface area contributed by atoms with Crippen LogP contribution in [-0.4, -0.2) is 40.0 Å². The van der Waals surface area contributed by atoms with Crippen LogP contribution in [0.1, 0.15) is 39.0 Å². The monoisotopic (exact) mass is 304 g/mol. The molecule has 0 aromatic heterocycles. The third-order valence-corrected chi connectivity index (χ3v) is 3.95. The van der Waals surface area contributed by atoms with Crippen LogP contribution < -0.4 is 10.0 Å². The van der Waals surface area contributed by atoms with Crippen molar-refractivity contribution < 1.29 is 21.6 Å². The van der Waals surface area contributed by atoms with Gasteiger partial charge in [-0.3, -0.25) is 0 Å². The van der Waals surface area contributed by atoms with Crippen LogP contribution in [0.15, 0.2) is 0 Å². The van der Waals surface area contributed by atoms with Gasteiger partial charge in [-0.05, 0) is 38.8 Å². The van der Waals surface area contributed by atoms with Crippen LogP contribution in [-0.2, 0) is 10.0 Å². The van der Waals surface area contributed by atoms with Crippen LogP contribution in [0.25, 0.3) is 0 Å². The van der Waals surface area contributed by atoms with E-state index in [9.17, 15) is 21.6 Å². The first-order valence-corrected chi connectivity index (χ1v) is 8.17. The second kappa shape index (κ2) is 9.55. The molecule has 0 amide bonds. The number of alkyl halides is 3. The highest BCUT2D eigenvalue weighted by molar-refractivity contribution is 7.89. The Hall–Kier alpha value is -0.340. The maximum Gasteiger partial charge on any atom is 0.389 e. The Morgan fingerprint density at radius 2 is 1.63 bits per heavy atom. The summed E-state index contributed by atoms with van der Waals surface area (Å²) in [7, 11) is -3.34. The molecule has 0 aliphatic rings. The van der Waals surface area contributed by atoms with Crippen LogP contribution in [0.2, 0.25) is 0 Å². The molecule has 2 N–H and O–H groups in total. The van der Waals surface area contributed by atoms with E-state index in [2.05, 4.69) is 10.0 Å². The minimum absolute atomic E-state index is 0.0255. The number of halogens is 3. The predicted molar refractivity (Wildman–Crippen MR) is 69.5 cm³/mol. The van der Waals surface area contributed by atoms with Crippen molar-refractivity contribution in [2.45, 2.75) is 45.2 Å². The van der Waals surface area contributed by atoms with Crippen molar-refractivity contribution in [1.82, 2.24) is 10.0 Å². The Kier molecular flexibility index (Phi) is 9.38. The molecular formula is C11H23F3N2O2S. The van der Waals surface area contributed by atoms with Gasteiger partial charge in [-0.25, -0.2) is 13.1 Å². The van der Waals surface area contributed by atoms with Gasteiger partial charge in [-0.1, -0.05) is 6.92 Å². The molecule has 0 aliphatic carbocycles. The van der Waals surface area contributed by atoms with Crippen molar-refractivity contribution >= 4 is 10.0 Å². The highest BCUT2D eigenvalue weighted by Gasteiger charge is 2.25. The first-order valence-electron chi connectivity index (χ1n) is 6.51. The van der Waals surface area contributed by atoms with Gasteiger partial charge in [0.2, 0.25) is 10.0 Å². The number of hydrogen-bond acceptors (Lipinski definition) is 3. The lowest BCUT2D eigenvalue weighted by atomic mass is 10.2. The van der Waals surface area contributed by atoms with E-state index in [0.717, 1.165) is 19.5 Å². The van der Waals surface area contributed by atoms with E-state index >= 15 is 0 Å². The van der Waals surface area contributed by atoms with Gasteiger partial charge in [-0.15, -0.1) is 0 Å². The molecule has 0 spiro atoms. The van der Waals surface area contributed by atoms with E-state index in [1.807, 2.05) is 6.92 Å². The Morgan fingerprint density at radius 3 is 2.21 bits per heavy atom. The standard InChI is InChI=1S/C11H23F3N2O2S/c1-2-15-8-5-6-10-19(17,18)16-9-4-3-7-11(12,13)14/h15-16H,2-10H2,1H3. The van der Waals surface area contributed by atoms with E-state index in [1.165, 1.54) is 0 Å². The van der Waals surface area contributed by atoms with E-state index in [-0.39, 0.29) is 25.1 Å². The Balaban J connectivity index is 3.57. The van der Waals surface area contributed by atoms with Gasteiger partial charge < -0.3 is 5.32 Å². The van der Waals surface area contributed by atoms with Crippen LogP contribution in [0.5, 0.6) is 0 Å². The van der Waals surface area contributed by atoms with Crippen molar-refractivity contribution in [2.24, 2.45) is 0 Å². The number of rotatable bonds is 11. The first kappa shape index (κ1) is 18.7. The summed E-state index contributed by atoms with van der Waals surface area (Å²) in [6.45, 7) is 3.67. The van der Waals surface area contributed by atoms with E-state index < -0.39 is 22.6 Å². The van der Waals surface area contributed by atoms with Gasteiger partial charge in [0.25, 0.3) is 0 Å². The fraction of sp³-hybridized carbons (Fsp3) is 1.00. The summed E-state index contributed by atoms with van der Waals surface area (Å²) in [4.78, 5) is 0. The van der Waals surface area contributed by atoms with Gasteiger partial charge in [0.05, 0.1) is 5.75 Å². The number of sulfonamides is 1. The molecule has 0 fully saturated rings. The molecule has 0 atom stereocenters. The minimum Gasteiger partial charge on any atom is -0.317 e. The largest absolute Gasteiger partial charge is 0.389 e. The van der Waals surface area contributed by atoms with Crippen molar-refractivity contribution in [2.75, 3.05) is 25.4 Å². The third kappa shape index (κ3) is 13.9. The third-order valence-electron chi connectivity index (χ3n) is 2.48. The fourth-order valence-electron chi connectivity index (χ4n) is 1.47. The molecule has 0 saturated carbocycles. The average molecular weight is 304 g/mol. The summed E-state index contributed by atoms with van der Waals surface area (Å²) in [6, 6.07) is 0. The van der Waals surface area contributed by atoms with Crippen molar-refractivity contribution in [3.63, 3.8) is 0 Å². The van der Waals surface area contributed by atoms with Gasteiger partial charge in [0.1, 0.15) is 0 Å². The fourth-order valence-corrected chi connectivity index (χ4v) is 2.65. The smallest absolute Gasteiger partial charge is 0.317 e. The number of nitrogens with one attached hydrogen (secondary N) is 2. The van der Waals surface area contributed by atoms with Crippen molar-refractivity contribution in [3.8, 4) is 0 Å². The minimum atomic E-state index is -4.16. The lowest BCUT2D eigenvalue weighted by Crippen LogP contribution is -2.28. The molecule has 0 unspecified atom stereocenters. The lowest BCUT2D eigenvalue weighted by molar-refractivity contribution is -0.135. The van der Waals surface area contributed by atoms with Gasteiger partial charge >= 0.3 is 6.18 Å². The summed E-state index contributed by atoms with van der Waals surface area (Å²) in [5.41, 5.74) is 0. The first-order chi connectivity index (χ1) is 8.77. The number of unbranched alkanes of at least 4 members (excludes halogenated alkanes) is 2. The van der Waals surface area contributed by atoms with Gasteiger partial charge in [0.15, 0.2) is 0 Å². The molecule has 116 valence electrons. The molecule has 4 nitrogen and oxygen atoms in total. The molecular weight excluding hydrogens is 281 g/mol. The maximum atomic E-state index is 11.8. The zero-order valence-corrected chi connectivity index (χ0v) is 12.0. The highest BCUT2D eigenvalue weighted by atomic mass is 32.2. The van der Waals surface area contributed by atoms with Crippen molar-refractivity contribution in [3.05, 3.63) is 0 Å². The summed E-state index contributed by atoms with van der Waals surface area (Å²) in [6.07, 6.45) is -3.56. The second-order valence-electron chi connectivity index (χ2n) is 4.35. The molecule has 0 aromatic rings. The zero-order valence-electron chi connectivity index (χ0n) is 11.2. The predicted octanol–water partition coefficient (Wildman–Crippen LogP) is 2.03. The molecule has 0 saturated heterocycles. The maximum absolute atomic E-state index is 11.8. The van der Waals surface area contributed by atoms with Crippen LogP contribution in [0.3, 0.4) is 0 Å². The molecule has 19 heavy (non-hydrogen) atoms. The molecule has 0 aromatic carbocycles. The van der Waals surface area contributed by atoms with E-state index in [0.29, 0.717) is 6.42 Å². The molecule has 0 rings (SSSR count). The molecule has 0 bridgehead atoms.